The van der Waals surface area contributed by atoms with E-state index in [0.717, 1.165) is 11.1 Å². The standard InChI is InChI=1S/C21H21ClO5.C2H6/c1-13-3-7-15(8-4-13)20(23)25-12-18-17(11-19(22)26-18)27-21(24)16-9-5-14(2)6-10-16;1-2/h3-10,17-19H,11-12H2,1-2H3;1-2H3/t17-,18?,19+;/m1./s1. The molecular formula is C23H27ClO5. The predicted octanol–water partition coefficient (Wildman–Crippen LogP) is 5.07. The van der Waals surface area contributed by atoms with E-state index in [1.165, 1.54) is 0 Å². The van der Waals surface area contributed by atoms with Crippen LogP contribution in [0.4, 0.5) is 0 Å². The number of halogens is 1. The molecule has 1 heterocycles. The van der Waals surface area contributed by atoms with Crippen LogP contribution < -0.4 is 0 Å². The molecule has 0 aliphatic carbocycles. The molecule has 29 heavy (non-hydrogen) atoms. The highest BCUT2D eigenvalue weighted by molar-refractivity contribution is 6.19. The Hall–Kier alpha value is -2.37. The maximum atomic E-state index is 12.3. The number of rotatable bonds is 5. The van der Waals surface area contributed by atoms with Crippen molar-refractivity contribution in [3.63, 3.8) is 0 Å². The van der Waals surface area contributed by atoms with Crippen molar-refractivity contribution in [3.8, 4) is 0 Å². The number of ether oxygens (including phenoxy) is 3. The van der Waals surface area contributed by atoms with Gasteiger partial charge in [-0.05, 0) is 38.1 Å². The van der Waals surface area contributed by atoms with Gasteiger partial charge in [-0.15, -0.1) is 0 Å². The number of aryl methyl sites for hydroxylation is 2. The Morgan fingerprint density at radius 2 is 1.41 bits per heavy atom. The number of hydrogen-bond acceptors (Lipinski definition) is 5. The molecule has 2 aromatic carbocycles. The molecule has 0 spiro atoms. The Bertz CT molecular complexity index is 801. The van der Waals surface area contributed by atoms with Crippen LogP contribution in [0.2, 0.25) is 0 Å². The van der Waals surface area contributed by atoms with Crippen molar-refractivity contribution in [1.82, 2.24) is 0 Å². The van der Waals surface area contributed by atoms with Crippen LogP contribution in [0.15, 0.2) is 48.5 Å². The van der Waals surface area contributed by atoms with E-state index in [0.29, 0.717) is 17.5 Å². The van der Waals surface area contributed by atoms with Gasteiger partial charge in [0.25, 0.3) is 0 Å². The van der Waals surface area contributed by atoms with Crippen molar-refractivity contribution in [1.29, 1.82) is 0 Å². The van der Waals surface area contributed by atoms with E-state index in [1.54, 1.807) is 24.3 Å². The minimum atomic E-state index is -0.601. The third kappa shape index (κ3) is 6.58. The molecule has 1 unspecified atom stereocenters. The summed E-state index contributed by atoms with van der Waals surface area (Å²) >= 11 is 6.05. The van der Waals surface area contributed by atoms with Gasteiger partial charge >= 0.3 is 11.9 Å². The molecule has 3 rings (SSSR count). The lowest BCUT2D eigenvalue weighted by Crippen LogP contribution is -2.32. The molecule has 1 saturated heterocycles. The first-order valence-corrected chi connectivity index (χ1v) is 10.2. The molecule has 3 atom stereocenters. The molecule has 6 heteroatoms. The normalized spacial score (nSPS) is 20.4. The van der Waals surface area contributed by atoms with Gasteiger partial charge in [0, 0.05) is 6.42 Å². The largest absolute Gasteiger partial charge is 0.459 e. The maximum absolute atomic E-state index is 12.3. The summed E-state index contributed by atoms with van der Waals surface area (Å²) in [7, 11) is 0. The number of carbonyl (C=O) groups is 2. The average molecular weight is 419 g/mol. The van der Waals surface area contributed by atoms with E-state index >= 15 is 0 Å². The Kier molecular flexibility index (Phi) is 8.68. The quantitative estimate of drug-likeness (QED) is 0.501. The minimum absolute atomic E-state index is 0.0399. The van der Waals surface area contributed by atoms with Crippen LogP contribution in [-0.4, -0.2) is 36.3 Å². The van der Waals surface area contributed by atoms with Crippen LogP contribution in [-0.2, 0) is 14.2 Å². The fourth-order valence-electron chi connectivity index (χ4n) is 2.76. The SMILES string of the molecule is CC.Cc1ccc(C(=O)OCC2O[C@H](Cl)C[C@H]2OC(=O)c2ccc(C)cc2)cc1. The summed E-state index contributed by atoms with van der Waals surface area (Å²) in [6, 6.07) is 14.2. The number of benzene rings is 2. The van der Waals surface area contributed by atoms with Crippen molar-refractivity contribution >= 4 is 23.5 Å². The Morgan fingerprint density at radius 3 is 1.93 bits per heavy atom. The monoisotopic (exact) mass is 418 g/mol. The Balaban J connectivity index is 0.00000145. The summed E-state index contributed by atoms with van der Waals surface area (Å²) in [6.07, 6.45) is -0.838. The maximum Gasteiger partial charge on any atom is 0.338 e. The lowest BCUT2D eigenvalue weighted by molar-refractivity contribution is -0.0322. The van der Waals surface area contributed by atoms with Gasteiger partial charge in [0.2, 0.25) is 0 Å². The molecule has 1 fully saturated rings. The fourth-order valence-corrected chi connectivity index (χ4v) is 3.07. The summed E-state index contributed by atoms with van der Waals surface area (Å²) in [5.41, 5.74) is 2.42. The minimum Gasteiger partial charge on any atom is -0.459 e. The van der Waals surface area contributed by atoms with Crippen molar-refractivity contribution in [2.45, 2.75) is 51.9 Å². The van der Waals surface area contributed by atoms with Crippen molar-refractivity contribution in [2.75, 3.05) is 6.61 Å². The lowest BCUT2D eigenvalue weighted by atomic mass is 10.1. The average Bonchev–Trinajstić information content (AvgIpc) is 3.07. The second-order valence-electron chi connectivity index (χ2n) is 6.59. The molecule has 0 N–H and O–H groups in total. The van der Waals surface area contributed by atoms with Gasteiger partial charge < -0.3 is 14.2 Å². The van der Waals surface area contributed by atoms with E-state index < -0.39 is 29.7 Å². The molecule has 1 aliphatic rings. The molecule has 5 nitrogen and oxygen atoms in total. The van der Waals surface area contributed by atoms with Crippen molar-refractivity contribution in [2.24, 2.45) is 0 Å². The van der Waals surface area contributed by atoms with Crippen molar-refractivity contribution < 1.29 is 23.8 Å². The van der Waals surface area contributed by atoms with Crippen LogP contribution in [0.25, 0.3) is 0 Å². The third-order valence-corrected chi connectivity index (χ3v) is 4.65. The van der Waals surface area contributed by atoms with E-state index in [1.807, 2.05) is 52.0 Å². The summed E-state index contributed by atoms with van der Waals surface area (Å²) < 4.78 is 16.4. The summed E-state index contributed by atoms with van der Waals surface area (Å²) in [6.45, 7) is 7.84. The van der Waals surface area contributed by atoms with Crippen LogP contribution in [0.3, 0.4) is 0 Å². The highest BCUT2D eigenvalue weighted by Gasteiger charge is 2.38. The first-order chi connectivity index (χ1) is 13.9. The first-order valence-electron chi connectivity index (χ1n) is 9.73. The molecule has 0 radical (unpaired) electrons. The molecule has 156 valence electrons. The topological polar surface area (TPSA) is 61.8 Å². The number of hydrogen-bond donors (Lipinski definition) is 0. The second kappa shape index (κ2) is 11.0. The van der Waals surface area contributed by atoms with Crippen LogP contribution in [0.1, 0.15) is 52.1 Å². The Labute approximate surface area is 176 Å². The number of esters is 2. The van der Waals surface area contributed by atoms with E-state index in [9.17, 15) is 9.59 Å². The number of carbonyl (C=O) groups excluding carboxylic acids is 2. The van der Waals surface area contributed by atoms with E-state index in [4.69, 9.17) is 25.8 Å². The van der Waals surface area contributed by atoms with Gasteiger partial charge in [-0.1, -0.05) is 60.8 Å². The molecule has 2 aromatic rings. The molecule has 0 aromatic heterocycles. The Morgan fingerprint density at radius 1 is 0.931 bits per heavy atom. The smallest absolute Gasteiger partial charge is 0.338 e. The van der Waals surface area contributed by atoms with Gasteiger partial charge in [-0.25, -0.2) is 9.59 Å². The van der Waals surface area contributed by atoms with Gasteiger partial charge in [-0.2, -0.15) is 0 Å². The van der Waals surface area contributed by atoms with Gasteiger partial charge in [-0.3, -0.25) is 0 Å². The predicted molar refractivity (Wildman–Crippen MR) is 112 cm³/mol. The third-order valence-electron chi connectivity index (χ3n) is 4.37. The molecule has 0 bridgehead atoms. The highest BCUT2D eigenvalue weighted by atomic mass is 35.5. The van der Waals surface area contributed by atoms with Gasteiger partial charge in [0.15, 0.2) is 0 Å². The summed E-state index contributed by atoms with van der Waals surface area (Å²) in [5.74, 6) is -0.913. The molecule has 0 saturated carbocycles. The van der Waals surface area contributed by atoms with Gasteiger partial charge in [0.05, 0.1) is 11.1 Å². The first kappa shape index (κ1) is 22.9. The highest BCUT2D eigenvalue weighted by Crippen LogP contribution is 2.27. The van der Waals surface area contributed by atoms with Gasteiger partial charge in [0.1, 0.15) is 24.4 Å². The molecular weight excluding hydrogens is 392 g/mol. The van der Waals surface area contributed by atoms with Crippen LogP contribution in [0, 0.1) is 13.8 Å². The number of alkyl halides is 1. The second-order valence-corrected chi connectivity index (χ2v) is 7.08. The zero-order chi connectivity index (χ0) is 21.4. The zero-order valence-corrected chi connectivity index (χ0v) is 17.9. The fraction of sp³-hybridized carbons (Fsp3) is 0.391. The molecule has 0 amide bonds. The van der Waals surface area contributed by atoms with Crippen LogP contribution in [0.5, 0.6) is 0 Å². The summed E-state index contributed by atoms with van der Waals surface area (Å²) in [4.78, 5) is 24.5. The zero-order valence-electron chi connectivity index (χ0n) is 17.2. The van der Waals surface area contributed by atoms with Crippen LogP contribution >= 0.6 is 11.6 Å². The van der Waals surface area contributed by atoms with E-state index in [2.05, 4.69) is 0 Å². The lowest BCUT2D eigenvalue weighted by Gasteiger charge is -2.19. The molecule has 1 aliphatic heterocycles. The summed E-state index contributed by atoms with van der Waals surface area (Å²) in [5, 5.41) is 0. The van der Waals surface area contributed by atoms with E-state index in [-0.39, 0.29) is 6.61 Å². The van der Waals surface area contributed by atoms with Crippen molar-refractivity contribution in [3.05, 3.63) is 70.8 Å².